The summed E-state index contributed by atoms with van der Waals surface area (Å²) in [5, 5.41) is 21.0. The van der Waals surface area contributed by atoms with E-state index in [0.717, 1.165) is 48.3 Å². The molecule has 3 aromatic rings. The Morgan fingerprint density at radius 1 is 0.745 bits per heavy atom. The van der Waals surface area contributed by atoms with Crippen molar-refractivity contribution < 1.29 is 18.9 Å². The molecule has 3 aromatic carbocycles. The molecule has 3 atom stereocenters. The molecule has 0 saturated carbocycles. The summed E-state index contributed by atoms with van der Waals surface area (Å²) in [6.45, 7) is 20.0. The van der Waals surface area contributed by atoms with Gasteiger partial charge in [0.05, 0.1) is 0 Å². The number of aryl methyl sites for hydroxylation is 1. The van der Waals surface area contributed by atoms with Crippen LogP contribution in [-0.4, -0.2) is 11.7 Å². The Balaban J connectivity index is 1.26. The Morgan fingerprint density at radius 3 is 1.87 bits per heavy atom. The van der Waals surface area contributed by atoms with Gasteiger partial charge in [-0.2, -0.15) is 10.5 Å². The van der Waals surface area contributed by atoms with Gasteiger partial charge in [-0.3, -0.25) is 0 Å². The molecule has 0 amide bonds. The molecule has 0 bridgehead atoms. The standard InChI is InChI=1S/C41H44N2O4/c1-10-40(9)22(2)44-33-15-29-30(16-34(33)47-40)41(21-37(29,3)4)12-11-23-13-31-32(14-28(23)41)46-36-27(20-43)25-18-39(7,8)38(5,6)17-24(25)26(19-42)35(36)45-31/h13-16,22H,10-12,17-18,21H2,1-9H3. The van der Waals surface area contributed by atoms with E-state index < -0.39 is 5.60 Å². The van der Waals surface area contributed by atoms with E-state index in [2.05, 4.69) is 98.7 Å². The summed E-state index contributed by atoms with van der Waals surface area (Å²) in [4.78, 5) is 0. The Labute approximate surface area is 278 Å². The van der Waals surface area contributed by atoms with Crippen molar-refractivity contribution in [2.75, 3.05) is 0 Å². The monoisotopic (exact) mass is 628 g/mol. The molecule has 3 unspecified atom stereocenters. The van der Waals surface area contributed by atoms with Crippen molar-refractivity contribution in [3.8, 4) is 46.6 Å². The number of nitrogens with zero attached hydrogens (tertiary/aromatic N) is 2. The molecule has 47 heavy (non-hydrogen) atoms. The number of rotatable bonds is 1. The zero-order chi connectivity index (χ0) is 33.5. The van der Waals surface area contributed by atoms with Crippen molar-refractivity contribution >= 4 is 0 Å². The van der Waals surface area contributed by atoms with E-state index in [4.69, 9.17) is 18.9 Å². The predicted molar refractivity (Wildman–Crippen MR) is 180 cm³/mol. The van der Waals surface area contributed by atoms with E-state index in [-0.39, 0.29) is 27.8 Å². The van der Waals surface area contributed by atoms with Crippen LogP contribution in [0.5, 0.6) is 34.5 Å². The van der Waals surface area contributed by atoms with Crippen molar-refractivity contribution in [3.05, 3.63) is 68.8 Å². The van der Waals surface area contributed by atoms with Gasteiger partial charge in [0.25, 0.3) is 0 Å². The van der Waals surface area contributed by atoms with Crippen molar-refractivity contribution in [1.82, 2.24) is 0 Å². The SMILES string of the molecule is CCC1(C)Oc2cc3c(cc2OC1C)C(C)(C)CC31CCc2cc3c(cc21)Oc1c(C#N)c2c(c(C#N)c1O3)CC(C)(C)C(C)(C)C2. The molecule has 6 nitrogen and oxygen atoms in total. The number of benzene rings is 3. The maximum Gasteiger partial charge on any atom is 0.189 e. The Kier molecular flexibility index (Phi) is 5.94. The third-order valence-electron chi connectivity index (χ3n) is 13.1. The van der Waals surface area contributed by atoms with Crippen LogP contribution in [0.3, 0.4) is 0 Å². The average Bonchev–Trinajstić information content (AvgIpc) is 3.46. The summed E-state index contributed by atoms with van der Waals surface area (Å²) in [5.74, 6) is 3.61. The highest BCUT2D eigenvalue weighted by molar-refractivity contribution is 5.73. The highest BCUT2D eigenvalue weighted by Gasteiger charge is 2.54. The average molecular weight is 629 g/mol. The highest BCUT2D eigenvalue weighted by atomic mass is 16.6. The zero-order valence-corrected chi connectivity index (χ0v) is 29.2. The predicted octanol–water partition coefficient (Wildman–Crippen LogP) is 9.72. The Bertz CT molecular complexity index is 2010. The Hall–Kier alpha value is -4.16. The van der Waals surface area contributed by atoms with E-state index in [0.29, 0.717) is 47.0 Å². The van der Waals surface area contributed by atoms with Crippen LogP contribution in [0.4, 0.5) is 0 Å². The molecular formula is C41H44N2O4. The second-order valence-electron chi connectivity index (χ2n) is 16.9. The largest absolute Gasteiger partial charge is 0.483 e. The van der Waals surface area contributed by atoms with Gasteiger partial charge in [-0.15, -0.1) is 0 Å². The van der Waals surface area contributed by atoms with Crippen molar-refractivity contribution in [2.24, 2.45) is 10.8 Å². The summed E-state index contributed by atoms with van der Waals surface area (Å²) in [7, 11) is 0. The second kappa shape index (κ2) is 9.25. The van der Waals surface area contributed by atoms with Gasteiger partial charge < -0.3 is 18.9 Å². The summed E-state index contributed by atoms with van der Waals surface area (Å²) >= 11 is 0. The maximum atomic E-state index is 10.5. The number of hydrogen-bond acceptors (Lipinski definition) is 6. The first-order chi connectivity index (χ1) is 22.1. The maximum absolute atomic E-state index is 10.5. The minimum atomic E-state index is -0.390. The van der Waals surface area contributed by atoms with Crippen LogP contribution in [-0.2, 0) is 30.1 Å². The minimum Gasteiger partial charge on any atom is -0.483 e. The topological polar surface area (TPSA) is 84.5 Å². The van der Waals surface area contributed by atoms with Gasteiger partial charge in [0, 0.05) is 5.41 Å². The van der Waals surface area contributed by atoms with E-state index in [1.807, 2.05) is 0 Å². The second-order valence-corrected chi connectivity index (χ2v) is 16.9. The lowest BCUT2D eigenvalue weighted by Gasteiger charge is -2.47. The van der Waals surface area contributed by atoms with Crippen LogP contribution in [0.25, 0.3) is 0 Å². The van der Waals surface area contributed by atoms with Gasteiger partial charge >= 0.3 is 0 Å². The van der Waals surface area contributed by atoms with E-state index in [1.54, 1.807) is 0 Å². The lowest BCUT2D eigenvalue weighted by Crippen LogP contribution is -2.48. The molecule has 0 aromatic heterocycles. The molecule has 0 fully saturated rings. The fourth-order valence-corrected chi connectivity index (χ4v) is 9.21. The first-order valence-electron chi connectivity index (χ1n) is 17.2. The Morgan fingerprint density at radius 2 is 1.30 bits per heavy atom. The van der Waals surface area contributed by atoms with Gasteiger partial charge in [-0.05, 0) is 126 Å². The van der Waals surface area contributed by atoms with Gasteiger partial charge in [0.15, 0.2) is 34.5 Å². The molecule has 5 aliphatic rings. The molecule has 1 spiro atoms. The van der Waals surface area contributed by atoms with Crippen LogP contribution < -0.4 is 18.9 Å². The number of nitriles is 2. The van der Waals surface area contributed by atoms with Gasteiger partial charge in [-0.1, -0.05) is 48.5 Å². The molecule has 0 saturated heterocycles. The molecule has 8 rings (SSSR count). The number of ether oxygens (including phenoxy) is 4. The van der Waals surface area contributed by atoms with Crippen molar-refractivity contribution in [1.29, 1.82) is 10.5 Å². The molecular weight excluding hydrogens is 584 g/mol. The summed E-state index contributed by atoms with van der Waals surface area (Å²) in [6, 6.07) is 13.6. The number of hydrogen-bond donors (Lipinski definition) is 0. The lowest BCUT2D eigenvalue weighted by atomic mass is 9.57. The van der Waals surface area contributed by atoms with Gasteiger partial charge in [-0.25, -0.2) is 0 Å². The van der Waals surface area contributed by atoms with Crippen LogP contribution in [0.1, 0.15) is 126 Å². The smallest absolute Gasteiger partial charge is 0.189 e. The molecule has 3 aliphatic carbocycles. The third kappa shape index (κ3) is 3.88. The normalized spacial score (nSPS) is 27.6. The van der Waals surface area contributed by atoms with Crippen molar-refractivity contribution in [3.63, 3.8) is 0 Å². The molecule has 2 heterocycles. The highest BCUT2D eigenvalue weighted by Crippen LogP contribution is 2.63. The molecule has 6 heteroatoms. The third-order valence-corrected chi connectivity index (χ3v) is 13.1. The lowest BCUT2D eigenvalue weighted by molar-refractivity contribution is -0.0482. The first kappa shape index (κ1) is 30.2. The summed E-state index contributed by atoms with van der Waals surface area (Å²) in [5.41, 5.74) is 7.14. The summed E-state index contributed by atoms with van der Waals surface area (Å²) in [6.07, 6.45) is 5.05. The zero-order valence-electron chi connectivity index (χ0n) is 29.2. The van der Waals surface area contributed by atoms with E-state index >= 15 is 0 Å². The molecule has 242 valence electrons. The minimum absolute atomic E-state index is 0.0432. The summed E-state index contributed by atoms with van der Waals surface area (Å²) < 4.78 is 26.5. The molecule has 2 aliphatic heterocycles. The van der Waals surface area contributed by atoms with E-state index in [9.17, 15) is 10.5 Å². The van der Waals surface area contributed by atoms with Gasteiger partial charge in [0.2, 0.25) is 0 Å². The van der Waals surface area contributed by atoms with Crippen LogP contribution >= 0.6 is 0 Å². The van der Waals surface area contributed by atoms with E-state index in [1.165, 1.54) is 22.3 Å². The van der Waals surface area contributed by atoms with Gasteiger partial charge in [0.1, 0.15) is 35.0 Å². The fraction of sp³-hybridized carbons (Fsp3) is 0.512. The quantitative estimate of drug-likeness (QED) is 0.209. The molecule has 0 N–H and O–H groups in total. The first-order valence-corrected chi connectivity index (χ1v) is 17.2. The van der Waals surface area contributed by atoms with Crippen LogP contribution in [0.2, 0.25) is 0 Å². The number of fused-ring (bicyclic) bond motifs is 8. The van der Waals surface area contributed by atoms with Crippen LogP contribution in [0.15, 0.2) is 24.3 Å². The fourth-order valence-electron chi connectivity index (χ4n) is 9.21. The molecule has 0 radical (unpaired) electrons. The van der Waals surface area contributed by atoms with Crippen LogP contribution in [0, 0.1) is 33.5 Å². The van der Waals surface area contributed by atoms with Crippen molar-refractivity contribution in [2.45, 2.75) is 123 Å².